The number of benzene rings is 1. The molecule has 0 radical (unpaired) electrons. The Morgan fingerprint density at radius 2 is 2.00 bits per heavy atom. The molecule has 0 aliphatic rings. The first-order chi connectivity index (χ1) is 5.83. The van der Waals surface area contributed by atoms with Crippen molar-refractivity contribution in [3.63, 3.8) is 0 Å². The molecule has 4 heteroatoms. The molecule has 0 saturated heterocycles. The summed E-state index contributed by atoms with van der Waals surface area (Å²) >= 11 is 0. The number of nitrogens with zero attached hydrogens (tertiary/aromatic N) is 3. The first-order valence-electron chi connectivity index (χ1n) is 3.14. The second kappa shape index (κ2) is 3.27. The Morgan fingerprint density at radius 3 is 2.50 bits per heavy atom. The minimum absolute atomic E-state index is 0.162. The summed E-state index contributed by atoms with van der Waals surface area (Å²) in [5.41, 5.74) is 7.37. The molecule has 0 unspecified atom stereocenters. The molecule has 0 spiro atoms. The third-order valence-electron chi connectivity index (χ3n) is 1.40. The van der Waals surface area contributed by atoms with E-state index in [9.17, 15) is 0 Å². The third kappa shape index (κ3) is 1.14. The quantitative estimate of drug-likeness (QED) is 0.631. The summed E-state index contributed by atoms with van der Waals surface area (Å²) in [5, 5.41) is 20.3. The van der Waals surface area contributed by atoms with E-state index in [2.05, 4.69) is 5.11 Å². The van der Waals surface area contributed by atoms with Crippen LogP contribution in [0.25, 0.3) is 0 Å². The molecule has 0 aliphatic carbocycles. The van der Waals surface area contributed by atoms with E-state index in [-0.39, 0.29) is 16.8 Å². The van der Waals surface area contributed by atoms with Gasteiger partial charge in [0, 0.05) is 0 Å². The highest BCUT2D eigenvalue weighted by molar-refractivity contribution is 5.60. The van der Waals surface area contributed by atoms with Crippen LogP contribution in [-0.4, -0.2) is 0 Å². The van der Waals surface area contributed by atoms with Gasteiger partial charge in [-0.15, -0.1) is 0 Å². The predicted molar refractivity (Wildman–Crippen MR) is 40.7 cm³/mol. The van der Waals surface area contributed by atoms with Crippen LogP contribution in [0.3, 0.4) is 0 Å². The van der Waals surface area contributed by atoms with E-state index in [1.54, 1.807) is 6.07 Å². The zero-order valence-electron chi connectivity index (χ0n) is 6.07. The van der Waals surface area contributed by atoms with Crippen LogP contribution < -0.4 is 0 Å². The normalized spacial score (nSPS) is 8.17. The van der Waals surface area contributed by atoms with Gasteiger partial charge in [0.05, 0.1) is 11.1 Å². The average Bonchev–Trinajstić information content (AvgIpc) is 2.16. The van der Waals surface area contributed by atoms with Crippen LogP contribution in [0.4, 0.5) is 5.69 Å². The summed E-state index contributed by atoms with van der Waals surface area (Å²) in [7, 11) is 0. The predicted octanol–water partition coefficient (Wildman–Crippen LogP) is 2.09. The molecule has 0 heterocycles. The first-order valence-corrected chi connectivity index (χ1v) is 3.14. The molecule has 0 fully saturated rings. The van der Waals surface area contributed by atoms with E-state index in [0.29, 0.717) is 0 Å². The van der Waals surface area contributed by atoms with Crippen molar-refractivity contribution in [2.24, 2.45) is 5.11 Å². The van der Waals surface area contributed by atoms with E-state index in [1.165, 1.54) is 12.1 Å². The Bertz CT molecular complexity index is 394. The van der Waals surface area contributed by atoms with Gasteiger partial charge in [0.2, 0.25) is 0 Å². The van der Waals surface area contributed by atoms with Gasteiger partial charge in [0.15, 0.2) is 0 Å². The lowest BCUT2D eigenvalue weighted by molar-refractivity contribution is 1.14. The number of rotatable bonds is 1. The minimum atomic E-state index is 0.162. The lowest BCUT2D eigenvalue weighted by atomic mass is 10.1. The van der Waals surface area contributed by atoms with Crippen LogP contribution in [-0.2, 0) is 0 Å². The second-order valence-electron chi connectivity index (χ2n) is 2.04. The van der Waals surface area contributed by atoms with Gasteiger partial charge in [0.1, 0.15) is 17.8 Å². The molecule has 0 amide bonds. The maximum absolute atomic E-state index is 8.62. The van der Waals surface area contributed by atoms with Gasteiger partial charge in [-0.2, -0.15) is 15.6 Å². The standard InChI is InChI=1S/C8H4N4/c9-4-6-2-1-3-8(12-11)7(6)5-10/h1-3,11H. The molecule has 0 saturated carbocycles. The maximum atomic E-state index is 8.62. The molecule has 1 aromatic carbocycles. The lowest BCUT2D eigenvalue weighted by Crippen LogP contribution is -1.82. The summed E-state index contributed by atoms with van der Waals surface area (Å²) in [6.07, 6.45) is 0. The van der Waals surface area contributed by atoms with Crippen molar-refractivity contribution < 1.29 is 0 Å². The highest BCUT2D eigenvalue weighted by atomic mass is 15.0. The molecule has 0 aromatic heterocycles. The van der Waals surface area contributed by atoms with E-state index in [4.69, 9.17) is 16.1 Å². The molecule has 4 nitrogen and oxygen atoms in total. The smallest absolute Gasteiger partial charge is 0.104 e. The third-order valence-corrected chi connectivity index (χ3v) is 1.40. The monoisotopic (exact) mass is 156 g/mol. The highest BCUT2D eigenvalue weighted by Gasteiger charge is 2.05. The van der Waals surface area contributed by atoms with Crippen molar-refractivity contribution in [3.8, 4) is 12.1 Å². The first kappa shape index (κ1) is 7.90. The zero-order valence-corrected chi connectivity index (χ0v) is 6.07. The Balaban J connectivity index is 3.47. The van der Waals surface area contributed by atoms with Gasteiger partial charge in [0.25, 0.3) is 0 Å². The van der Waals surface area contributed by atoms with Crippen LogP contribution >= 0.6 is 0 Å². The van der Waals surface area contributed by atoms with E-state index in [1.807, 2.05) is 12.1 Å². The number of hydrogen-bond donors (Lipinski definition) is 1. The fraction of sp³-hybridized carbons (Fsp3) is 0. The molecule has 12 heavy (non-hydrogen) atoms. The molecule has 1 rings (SSSR count). The van der Waals surface area contributed by atoms with Crippen molar-refractivity contribution in [1.29, 1.82) is 16.1 Å². The van der Waals surface area contributed by atoms with Crippen LogP contribution in [0.5, 0.6) is 0 Å². The summed E-state index contributed by atoms with van der Waals surface area (Å²) in [4.78, 5) is 0. The SMILES string of the molecule is N#Cc1cccc(N=N)c1C#N. The van der Waals surface area contributed by atoms with Crippen molar-refractivity contribution >= 4 is 5.69 Å². The number of hydrogen-bond acceptors (Lipinski definition) is 4. The van der Waals surface area contributed by atoms with Crippen molar-refractivity contribution in [1.82, 2.24) is 0 Å². The Hall–Kier alpha value is -2.20. The second-order valence-corrected chi connectivity index (χ2v) is 2.04. The molecule has 0 aliphatic heterocycles. The maximum Gasteiger partial charge on any atom is 0.104 e. The van der Waals surface area contributed by atoms with Gasteiger partial charge >= 0.3 is 0 Å². The Labute approximate surface area is 69.2 Å². The van der Waals surface area contributed by atoms with Crippen LogP contribution in [0.1, 0.15) is 11.1 Å². The van der Waals surface area contributed by atoms with Crippen molar-refractivity contribution in [2.75, 3.05) is 0 Å². The molecule has 56 valence electrons. The average molecular weight is 156 g/mol. The Kier molecular flexibility index (Phi) is 2.15. The van der Waals surface area contributed by atoms with Crippen LogP contribution in [0.2, 0.25) is 0 Å². The lowest BCUT2D eigenvalue weighted by Gasteiger charge is -1.95. The Morgan fingerprint density at radius 1 is 1.25 bits per heavy atom. The minimum Gasteiger partial charge on any atom is -0.204 e. The van der Waals surface area contributed by atoms with Crippen LogP contribution in [0, 0.1) is 28.2 Å². The van der Waals surface area contributed by atoms with Gasteiger partial charge in [-0.05, 0) is 12.1 Å². The summed E-state index contributed by atoms with van der Waals surface area (Å²) < 4.78 is 0. The molecule has 0 bridgehead atoms. The molecule has 0 atom stereocenters. The van der Waals surface area contributed by atoms with E-state index >= 15 is 0 Å². The molecular weight excluding hydrogens is 152 g/mol. The highest BCUT2D eigenvalue weighted by Crippen LogP contribution is 2.20. The zero-order chi connectivity index (χ0) is 8.97. The largest absolute Gasteiger partial charge is 0.204 e. The molecular formula is C8H4N4. The molecule has 1 N–H and O–H groups in total. The number of nitrogens with one attached hydrogen (secondary N) is 1. The van der Waals surface area contributed by atoms with Crippen molar-refractivity contribution in [3.05, 3.63) is 29.3 Å². The van der Waals surface area contributed by atoms with Crippen molar-refractivity contribution in [2.45, 2.75) is 0 Å². The summed E-state index contributed by atoms with van der Waals surface area (Å²) in [6, 6.07) is 8.32. The van der Waals surface area contributed by atoms with E-state index < -0.39 is 0 Å². The van der Waals surface area contributed by atoms with Gasteiger partial charge in [-0.3, -0.25) is 0 Å². The summed E-state index contributed by atoms with van der Waals surface area (Å²) in [6.45, 7) is 0. The van der Waals surface area contributed by atoms with Gasteiger partial charge in [-0.1, -0.05) is 6.07 Å². The fourth-order valence-corrected chi connectivity index (χ4v) is 0.844. The number of nitriles is 2. The fourth-order valence-electron chi connectivity index (χ4n) is 0.844. The topological polar surface area (TPSA) is 83.8 Å². The van der Waals surface area contributed by atoms with E-state index in [0.717, 1.165) is 0 Å². The van der Waals surface area contributed by atoms with Gasteiger partial charge in [-0.25, -0.2) is 5.53 Å². The van der Waals surface area contributed by atoms with Crippen LogP contribution in [0.15, 0.2) is 23.3 Å². The van der Waals surface area contributed by atoms with Gasteiger partial charge < -0.3 is 0 Å². The molecule has 1 aromatic rings. The summed E-state index contributed by atoms with van der Waals surface area (Å²) in [5.74, 6) is 0.